The number of carbonyl (C=O) groups excluding carboxylic acids is 6. The molecule has 0 aromatic heterocycles. The lowest BCUT2D eigenvalue weighted by molar-refractivity contribution is -0.202. The van der Waals surface area contributed by atoms with E-state index < -0.39 is 66.8 Å². The summed E-state index contributed by atoms with van der Waals surface area (Å²) < 4.78 is 26.3. The van der Waals surface area contributed by atoms with Crippen LogP contribution in [0.15, 0.2) is 28.7 Å². The van der Waals surface area contributed by atoms with Crippen LogP contribution in [0.2, 0.25) is 0 Å². The van der Waals surface area contributed by atoms with Crippen molar-refractivity contribution in [1.82, 2.24) is 0 Å². The van der Waals surface area contributed by atoms with Crippen LogP contribution in [0.1, 0.15) is 34.6 Å². The summed E-state index contributed by atoms with van der Waals surface area (Å²) in [4.78, 5) is 71.8. The second kappa shape index (κ2) is 14.0. The maximum Gasteiger partial charge on any atom is 0.303 e. The molecule has 4 atom stereocenters. The van der Waals surface area contributed by atoms with E-state index in [0.29, 0.717) is 5.69 Å². The molecule has 0 aliphatic rings. The summed E-state index contributed by atoms with van der Waals surface area (Å²) in [6.07, 6.45) is -6.89. The van der Waals surface area contributed by atoms with E-state index in [9.17, 15) is 28.8 Å². The highest BCUT2D eigenvalue weighted by Crippen LogP contribution is 2.22. The Labute approximate surface area is 209 Å². The molecule has 1 aromatic rings. The first-order chi connectivity index (χ1) is 16.3. The summed E-state index contributed by atoms with van der Waals surface area (Å²) in [5.74, 6) is -5.33. The van der Waals surface area contributed by atoms with Crippen molar-refractivity contribution in [3.05, 3.63) is 28.7 Å². The molecule has 192 valence electrons. The van der Waals surface area contributed by atoms with Gasteiger partial charge >= 0.3 is 29.8 Å². The molecule has 12 nitrogen and oxygen atoms in total. The fraction of sp³-hybridized carbons (Fsp3) is 0.455. The molecule has 1 aromatic carbocycles. The zero-order valence-corrected chi connectivity index (χ0v) is 21.3. The fourth-order valence-electron chi connectivity index (χ4n) is 2.84. The minimum Gasteiger partial charge on any atom is -0.462 e. The molecule has 0 bridgehead atoms. The third kappa shape index (κ3) is 11.0. The molecule has 0 radical (unpaired) electrons. The zero-order valence-electron chi connectivity index (χ0n) is 19.7. The molecule has 1 amide bonds. The van der Waals surface area contributed by atoms with Crippen LogP contribution in [0.4, 0.5) is 5.69 Å². The number of ether oxygens (including phenoxy) is 5. The van der Waals surface area contributed by atoms with Gasteiger partial charge in [-0.15, -0.1) is 0 Å². The first-order valence-corrected chi connectivity index (χ1v) is 11.0. The van der Waals surface area contributed by atoms with Gasteiger partial charge in [0, 0.05) is 44.8 Å². The number of benzene rings is 1. The van der Waals surface area contributed by atoms with E-state index >= 15 is 0 Å². The Morgan fingerprint density at radius 2 is 1.20 bits per heavy atom. The zero-order chi connectivity index (χ0) is 26.7. The topological polar surface area (TPSA) is 161 Å². The van der Waals surface area contributed by atoms with E-state index in [0.717, 1.165) is 39.1 Å². The Bertz CT molecular complexity index is 947. The number of hydrogen-bond donors (Lipinski definition) is 1. The van der Waals surface area contributed by atoms with E-state index in [1.807, 2.05) is 0 Å². The highest BCUT2D eigenvalue weighted by molar-refractivity contribution is 9.10. The Hall–Kier alpha value is -3.48. The summed E-state index contributed by atoms with van der Waals surface area (Å²) in [5.41, 5.74) is 0.303. The largest absolute Gasteiger partial charge is 0.462 e. The van der Waals surface area contributed by atoms with Crippen molar-refractivity contribution >= 4 is 57.4 Å². The number of hydrogen-bond acceptors (Lipinski definition) is 11. The van der Waals surface area contributed by atoms with Crippen molar-refractivity contribution < 1.29 is 52.5 Å². The van der Waals surface area contributed by atoms with Crippen LogP contribution >= 0.6 is 15.9 Å². The molecule has 0 saturated carbocycles. The smallest absolute Gasteiger partial charge is 0.303 e. The molecule has 0 fully saturated rings. The molecule has 0 aliphatic heterocycles. The van der Waals surface area contributed by atoms with Gasteiger partial charge in [0.15, 0.2) is 18.3 Å². The van der Waals surface area contributed by atoms with E-state index in [4.69, 9.17) is 23.7 Å². The van der Waals surface area contributed by atoms with Crippen molar-refractivity contribution in [2.24, 2.45) is 0 Å². The van der Waals surface area contributed by atoms with Gasteiger partial charge in [0.2, 0.25) is 6.10 Å². The first kappa shape index (κ1) is 29.6. The lowest BCUT2D eigenvalue weighted by atomic mass is 10.0. The maximum absolute atomic E-state index is 13.1. The summed E-state index contributed by atoms with van der Waals surface area (Å²) in [5, 5.41) is 2.50. The third-order valence-electron chi connectivity index (χ3n) is 4.02. The molecule has 13 heteroatoms. The van der Waals surface area contributed by atoms with Gasteiger partial charge in [0.25, 0.3) is 5.91 Å². The molecule has 1 N–H and O–H groups in total. The predicted molar refractivity (Wildman–Crippen MR) is 122 cm³/mol. The Balaban J connectivity index is 3.51. The average molecular weight is 560 g/mol. The lowest BCUT2D eigenvalue weighted by Gasteiger charge is -2.34. The van der Waals surface area contributed by atoms with Gasteiger partial charge in [-0.1, -0.05) is 15.9 Å². The number of amides is 1. The van der Waals surface area contributed by atoms with Gasteiger partial charge in [-0.25, -0.2) is 0 Å². The van der Waals surface area contributed by atoms with Gasteiger partial charge in [-0.2, -0.15) is 0 Å². The summed E-state index contributed by atoms with van der Waals surface area (Å²) in [6, 6.07) is 6.36. The number of nitrogens with one attached hydrogen (secondary N) is 1. The van der Waals surface area contributed by atoms with Crippen molar-refractivity contribution in [3.8, 4) is 0 Å². The quantitative estimate of drug-likeness (QED) is 0.310. The van der Waals surface area contributed by atoms with E-state index in [1.165, 1.54) is 0 Å². The van der Waals surface area contributed by atoms with Gasteiger partial charge in [-0.3, -0.25) is 28.8 Å². The normalized spacial score (nSPS) is 13.8. The highest BCUT2D eigenvalue weighted by Gasteiger charge is 2.47. The van der Waals surface area contributed by atoms with Gasteiger partial charge in [0.1, 0.15) is 6.61 Å². The number of rotatable bonds is 11. The predicted octanol–water partition coefficient (Wildman–Crippen LogP) is 1.68. The van der Waals surface area contributed by atoms with Crippen LogP contribution in [-0.2, 0) is 52.5 Å². The molecule has 0 saturated heterocycles. The Morgan fingerprint density at radius 3 is 1.66 bits per heavy atom. The number of halogens is 1. The average Bonchev–Trinajstić information content (AvgIpc) is 2.72. The van der Waals surface area contributed by atoms with Crippen LogP contribution in [0.3, 0.4) is 0 Å². The second-order valence-corrected chi connectivity index (χ2v) is 8.04. The van der Waals surface area contributed by atoms with Crippen molar-refractivity contribution in [3.63, 3.8) is 0 Å². The Kier molecular flexibility index (Phi) is 11.9. The summed E-state index contributed by atoms with van der Waals surface area (Å²) in [6.45, 7) is 4.53. The minimum absolute atomic E-state index is 0.303. The second-order valence-electron chi connectivity index (χ2n) is 7.12. The third-order valence-corrected chi connectivity index (χ3v) is 4.55. The molecule has 1 rings (SSSR count). The summed E-state index contributed by atoms with van der Waals surface area (Å²) >= 11 is 3.26. The minimum atomic E-state index is -1.86. The molecule has 0 unspecified atom stereocenters. The first-order valence-electron chi connectivity index (χ1n) is 10.2. The standard InChI is InChI=1S/C22H26BrNO11/c1-11(25)31-10-18(32-12(2)26)19(33-13(3)27)20(34-14(4)28)21(35-15(5)29)22(30)24-17-8-6-16(23)7-9-17/h6-9,18-21H,10H2,1-5H3,(H,24,30)/t18-,19-,20+,21-/m1/s1. The molecule has 0 aliphatic carbocycles. The van der Waals surface area contributed by atoms with E-state index in [-0.39, 0.29) is 0 Å². The van der Waals surface area contributed by atoms with Crippen LogP contribution in [0, 0.1) is 0 Å². The molecular formula is C22H26BrNO11. The SMILES string of the molecule is CC(=O)OC[C@@H](OC(C)=O)[C@@H](OC(C)=O)[C@H](OC(C)=O)[C@@H](OC(C)=O)C(=O)Nc1ccc(Br)cc1. The van der Waals surface area contributed by atoms with Crippen molar-refractivity contribution in [2.45, 2.75) is 59.0 Å². The van der Waals surface area contributed by atoms with Crippen molar-refractivity contribution in [1.29, 1.82) is 0 Å². The fourth-order valence-corrected chi connectivity index (χ4v) is 3.11. The lowest BCUT2D eigenvalue weighted by Crippen LogP contribution is -2.56. The molecule has 35 heavy (non-hydrogen) atoms. The van der Waals surface area contributed by atoms with E-state index in [2.05, 4.69) is 21.2 Å². The number of anilines is 1. The number of carbonyl (C=O) groups is 6. The van der Waals surface area contributed by atoms with Gasteiger partial charge in [0.05, 0.1) is 0 Å². The van der Waals surface area contributed by atoms with Crippen molar-refractivity contribution in [2.75, 3.05) is 11.9 Å². The van der Waals surface area contributed by atoms with Crippen LogP contribution in [0.5, 0.6) is 0 Å². The van der Waals surface area contributed by atoms with Crippen LogP contribution < -0.4 is 5.32 Å². The highest BCUT2D eigenvalue weighted by atomic mass is 79.9. The molecule has 0 heterocycles. The monoisotopic (exact) mass is 559 g/mol. The molecule has 0 spiro atoms. The van der Waals surface area contributed by atoms with Crippen LogP contribution in [-0.4, -0.2) is 66.8 Å². The van der Waals surface area contributed by atoms with Gasteiger partial charge < -0.3 is 29.0 Å². The van der Waals surface area contributed by atoms with E-state index in [1.54, 1.807) is 24.3 Å². The number of esters is 5. The Morgan fingerprint density at radius 1 is 0.714 bits per heavy atom. The van der Waals surface area contributed by atoms with Crippen LogP contribution in [0.25, 0.3) is 0 Å². The molecular weight excluding hydrogens is 534 g/mol. The maximum atomic E-state index is 13.1. The van der Waals surface area contributed by atoms with Gasteiger partial charge in [-0.05, 0) is 24.3 Å². The summed E-state index contributed by atoms with van der Waals surface area (Å²) in [7, 11) is 0.